The van der Waals surface area contributed by atoms with Gasteiger partial charge in [-0.15, -0.1) is 11.3 Å². The molecule has 134 valence electrons. The van der Waals surface area contributed by atoms with Crippen LogP contribution in [-0.2, 0) is 16.1 Å². The zero-order valence-electron chi connectivity index (χ0n) is 14.7. The van der Waals surface area contributed by atoms with E-state index in [-0.39, 0.29) is 18.7 Å². The summed E-state index contributed by atoms with van der Waals surface area (Å²) >= 11 is 1.73. The highest BCUT2D eigenvalue weighted by Crippen LogP contribution is 2.25. The third kappa shape index (κ3) is 5.04. The van der Waals surface area contributed by atoms with Crippen molar-refractivity contribution in [2.45, 2.75) is 70.7 Å². The predicted molar refractivity (Wildman–Crippen MR) is 97.9 cm³/mol. The standard InChI is InChI=1S/C19H30N2O2S/c1-15-9-10-18(20-12-15)23-14-19(22)21(13-17-8-5-11-24-17)16-6-3-2-4-7-16/h5,8,11,15-16,18,20H,2-4,6-7,9-10,12-14H2,1H3. The summed E-state index contributed by atoms with van der Waals surface area (Å²) in [7, 11) is 0. The van der Waals surface area contributed by atoms with Crippen LogP contribution in [0.15, 0.2) is 17.5 Å². The molecule has 2 atom stereocenters. The molecule has 0 spiro atoms. The van der Waals surface area contributed by atoms with Gasteiger partial charge in [-0.1, -0.05) is 32.3 Å². The molecule has 24 heavy (non-hydrogen) atoms. The third-order valence-electron chi connectivity index (χ3n) is 5.27. The van der Waals surface area contributed by atoms with Gasteiger partial charge in [-0.05, 0) is 43.0 Å². The monoisotopic (exact) mass is 350 g/mol. The van der Waals surface area contributed by atoms with Gasteiger partial charge in [0.2, 0.25) is 5.91 Å². The number of amides is 1. The van der Waals surface area contributed by atoms with Crippen LogP contribution >= 0.6 is 11.3 Å². The van der Waals surface area contributed by atoms with Crippen molar-refractivity contribution in [2.24, 2.45) is 5.92 Å². The van der Waals surface area contributed by atoms with Crippen LogP contribution in [0.3, 0.4) is 0 Å². The molecule has 5 heteroatoms. The molecule has 1 aliphatic heterocycles. The van der Waals surface area contributed by atoms with E-state index in [1.54, 1.807) is 11.3 Å². The first-order valence-electron chi connectivity index (χ1n) is 9.39. The number of piperidine rings is 1. The summed E-state index contributed by atoms with van der Waals surface area (Å²) in [5, 5.41) is 5.48. The van der Waals surface area contributed by atoms with Crippen molar-refractivity contribution >= 4 is 17.2 Å². The smallest absolute Gasteiger partial charge is 0.249 e. The maximum absolute atomic E-state index is 12.9. The number of hydrogen-bond acceptors (Lipinski definition) is 4. The summed E-state index contributed by atoms with van der Waals surface area (Å²) in [6, 6.07) is 4.57. The zero-order chi connectivity index (χ0) is 16.8. The SMILES string of the molecule is CC1CCC(OCC(=O)N(Cc2cccs2)C2CCCCC2)NC1. The molecule has 2 unspecified atom stereocenters. The Bertz CT molecular complexity index is 491. The van der Waals surface area contributed by atoms with Crippen molar-refractivity contribution in [1.82, 2.24) is 10.2 Å². The number of ether oxygens (including phenoxy) is 1. The Balaban J connectivity index is 1.55. The molecule has 0 radical (unpaired) electrons. The Morgan fingerprint density at radius 1 is 1.29 bits per heavy atom. The highest BCUT2D eigenvalue weighted by Gasteiger charge is 2.27. The van der Waals surface area contributed by atoms with E-state index in [9.17, 15) is 4.79 Å². The fourth-order valence-electron chi connectivity index (χ4n) is 3.75. The average Bonchev–Trinajstić information content (AvgIpc) is 3.13. The Kier molecular flexibility index (Phi) is 6.69. The number of rotatable bonds is 6. The molecule has 1 amide bonds. The molecule has 1 saturated heterocycles. The number of nitrogens with zero attached hydrogens (tertiary/aromatic N) is 1. The molecule has 1 aromatic heterocycles. The quantitative estimate of drug-likeness (QED) is 0.849. The number of hydrogen-bond donors (Lipinski definition) is 1. The van der Waals surface area contributed by atoms with Gasteiger partial charge in [0.1, 0.15) is 12.8 Å². The van der Waals surface area contributed by atoms with Gasteiger partial charge in [-0.3, -0.25) is 10.1 Å². The molecule has 2 aliphatic rings. The summed E-state index contributed by atoms with van der Waals surface area (Å²) in [6.45, 7) is 4.17. The van der Waals surface area contributed by atoms with Crippen LogP contribution in [0.5, 0.6) is 0 Å². The minimum atomic E-state index is 0.0418. The summed E-state index contributed by atoms with van der Waals surface area (Å²) < 4.78 is 5.89. The van der Waals surface area contributed by atoms with Crippen LogP contribution in [0.2, 0.25) is 0 Å². The maximum Gasteiger partial charge on any atom is 0.249 e. The first-order valence-corrected chi connectivity index (χ1v) is 10.3. The van der Waals surface area contributed by atoms with Gasteiger partial charge < -0.3 is 9.64 Å². The lowest BCUT2D eigenvalue weighted by Crippen LogP contribution is -2.45. The highest BCUT2D eigenvalue weighted by molar-refractivity contribution is 7.09. The van der Waals surface area contributed by atoms with Gasteiger partial charge in [0.15, 0.2) is 0 Å². The molecule has 1 N–H and O–H groups in total. The van der Waals surface area contributed by atoms with E-state index < -0.39 is 0 Å². The summed E-state index contributed by atoms with van der Waals surface area (Å²) in [6.07, 6.45) is 8.27. The van der Waals surface area contributed by atoms with E-state index in [2.05, 4.69) is 34.7 Å². The van der Waals surface area contributed by atoms with Gasteiger partial charge in [-0.25, -0.2) is 0 Å². The normalized spacial score (nSPS) is 25.5. The van der Waals surface area contributed by atoms with Crippen molar-refractivity contribution in [3.63, 3.8) is 0 Å². The van der Waals surface area contributed by atoms with Crippen LogP contribution in [0.25, 0.3) is 0 Å². The summed E-state index contributed by atoms with van der Waals surface area (Å²) in [5.74, 6) is 0.855. The number of nitrogens with one attached hydrogen (secondary N) is 1. The topological polar surface area (TPSA) is 41.6 Å². The summed E-state index contributed by atoms with van der Waals surface area (Å²) in [4.78, 5) is 16.2. The second-order valence-electron chi connectivity index (χ2n) is 7.28. The molecule has 0 bridgehead atoms. The number of carbonyl (C=O) groups excluding carboxylic acids is 1. The van der Waals surface area contributed by atoms with Crippen molar-refractivity contribution in [3.8, 4) is 0 Å². The average molecular weight is 351 g/mol. The minimum absolute atomic E-state index is 0.0418. The zero-order valence-corrected chi connectivity index (χ0v) is 15.5. The molecule has 3 rings (SSSR count). The predicted octanol–water partition coefficient (Wildman–Crippen LogP) is 3.77. The van der Waals surface area contributed by atoms with E-state index in [0.717, 1.165) is 32.4 Å². The molecule has 1 aliphatic carbocycles. The van der Waals surface area contributed by atoms with Crippen LogP contribution < -0.4 is 5.32 Å². The lowest BCUT2D eigenvalue weighted by Gasteiger charge is -2.35. The van der Waals surface area contributed by atoms with E-state index in [1.807, 2.05) is 0 Å². The first kappa shape index (κ1) is 17.9. The van der Waals surface area contributed by atoms with Gasteiger partial charge >= 0.3 is 0 Å². The van der Waals surface area contributed by atoms with E-state index in [0.29, 0.717) is 12.0 Å². The molecule has 1 aromatic rings. The van der Waals surface area contributed by atoms with Crippen LogP contribution in [-0.4, -0.2) is 36.2 Å². The van der Waals surface area contributed by atoms with Crippen molar-refractivity contribution in [3.05, 3.63) is 22.4 Å². The minimum Gasteiger partial charge on any atom is -0.354 e. The second kappa shape index (κ2) is 8.97. The molecule has 4 nitrogen and oxygen atoms in total. The number of thiophene rings is 1. The lowest BCUT2D eigenvalue weighted by atomic mass is 9.94. The Morgan fingerprint density at radius 3 is 2.79 bits per heavy atom. The molecule has 2 heterocycles. The van der Waals surface area contributed by atoms with Crippen molar-refractivity contribution in [1.29, 1.82) is 0 Å². The van der Waals surface area contributed by atoms with Gasteiger partial charge in [0.05, 0.1) is 6.54 Å². The number of carbonyl (C=O) groups is 1. The van der Waals surface area contributed by atoms with E-state index >= 15 is 0 Å². The second-order valence-corrected chi connectivity index (χ2v) is 8.32. The van der Waals surface area contributed by atoms with Crippen LogP contribution in [0.1, 0.15) is 56.7 Å². The van der Waals surface area contributed by atoms with E-state index in [1.165, 1.54) is 30.6 Å². The molecular formula is C19H30N2O2S. The summed E-state index contributed by atoms with van der Waals surface area (Å²) in [5.41, 5.74) is 0. The Morgan fingerprint density at radius 2 is 2.12 bits per heavy atom. The van der Waals surface area contributed by atoms with Crippen molar-refractivity contribution in [2.75, 3.05) is 13.2 Å². The van der Waals surface area contributed by atoms with Crippen molar-refractivity contribution < 1.29 is 9.53 Å². The fourth-order valence-corrected chi connectivity index (χ4v) is 4.46. The van der Waals surface area contributed by atoms with Gasteiger partial charge in [0, 0.05) is 17.5 Å². The first-order chi connectivity index (χ1) is 11.7. The lowest BCUT2D eigenvalue weighted by molar-refractivity contribution is -0.143. The highest BCUT2D eigenvalue weighted by atomic mass is 32.1. The Hall–Kier alpha value is -0.910. The van der Waals surface area contributed by atoms with E-state index in [4.69, 9.17) is 4.74 Å². The molecular weight excluding hydrogens is 320 g/mol. The Labute approximate surface area is 149 Å². The largest absolute Gasteiger partial charge is 0.354 e. The molecule has 2 fully saturated rings. The molecule has 0 aromatic carbocycles. The fraction of sp³-hybridized carbons (Fsp3) is 0.737. The third-order valence-corrected chi connectivity index (χ3v) is 6.13. The van der Waals surface area contributed by atoms with Crippen LogP contribution in [0.4, 0.5) is 0 Å². The van der Waals surface area contributed by atoms with Gasteiger partial charge in [-0.2, -0.15) is 0 Å². The van der Waals surface area contributed by atoms with Crippen LogP contribution in [0, 0.1) is 5.92 Å². The maximum atomic E-state index is 12.9. The van der Waals surface area contributed by atoms with Gasteiger partial charge in [0.25, 0.3) is 0 Å². The molecule has 1 saturated carbocycles.